The second-order valence-electron chi connectivity index (χ2n) is 6.01. The highest BCUT2D eigenvalue weighted by molar-refractivity contribution is 7.80. The molecule has 28 heavy (non-hydrogen) atoms. The molecule has 0 aliphatic carbocycles. The van der Waals surface area contributed by atoms with E-state index < -0.39 is 41.8 Å². The molecule has 3 amide bonds. The van der Waals surface area contributed by atoms with Crippen LogP contribution in [0.15, 0.2) is 24.3 Å². The van der Waals surface area contributed by atoms with E-state index in [0.29, 0.717) is 5.56 Å². The van der Waals surface area contributed by atoms with Crippen LogP contribution >= 0.6 is 12.6 Å². The maximum Gasteiger partial charge on any atom is 0.326 e. The number of nitrogens with two attached hydrogens (primary N) is 1. The number of rotatable bonds is 10. The molecule has 0 aromatic heterocycles. The SMILES string of the molecule is CC(NC(=O)C(CS)NC(=O)CN)C(=O)NC(Cc1ccc(O)cc1)C(=O)O. The van der Waals surface area contributed by atoms with Crippen molar-refractivity contribution >= 4 is 36.3 Å². The third-order valence-corrected chi connectivity index (χ3v) is 4.13. The van der Waals surface area contributed by atoms with Crippen LogP contribution in [-0.2, 0) is 25.6 Å². The minimum absolute atomic E-state index is 0.00611. The topological polar surface area (TPSA) is 171 Å². The summed E-state index contributed by atoms with van der Waals surface area (Å²) >= 11 is 3.98. The standard InChI is InChI=1S/C17H24N4O6S/c1-9(19-16(25)13(8-28)20-14(23)7-18)15(24)21-12(17(26)27)6-10-2-4-11(22)5-3-10/h2-5,9,12-13,22,28H,6-8,18H2,1H3,(H,19,25)(H,20,23)(H,21,24)(H,26,27). The maximum atomic E-state index is 12.3. The van der Waals surface area contributed by atoms with Gasteiger partial charge >= 0.3 is 5.97 Å². The van der Waals surface area contributed by atoms with Crippen LogP contribution in [0.4, 0.5) is 0 Å². The van der Waals surface area contributed by atoms with Crippen LogP contribution in [0.1, 0.15) is 12.5 Å². The molecule has 3 unspecified atom stereocenters. The number of carbonyl (C=O) groups excluding carboxylic acids is 3. The van der Waals surface area contributed by atoms with Crippen LogP contribution in [0.25, 0.3) is 0 Å². The fourth-order valence-electron chi connectivity index (χ4n) is 2.19. The van der Waals surface area contributed by atoms with E-state index in [1.807, 2.05) is 0 Å². The number of carbonyl (C=O) groups is 4. The molecule has 0 aliphatic rings. The van der Waals surface area contributed by atoms with Crippen molar-refractivity contribution in [3.63, 3.8) is 0 Å². The summed E-state index contributed by atoms with van der Waals surface area (Å²) in [6.45, 7) is 1.08. The third-order valence-electron chi connectivity index (χ3n) is 3.76. The van der Waals surface area contributed by atoms with Crippen LogP contribution in [0.3, 0.4) is 0 Å². The van der Waals surface area contributed by atoms with Gasteiger partial charge in [0.1, 0.15) is 23.9 Å². The van der Waals surface area contributed by atoms with Crippen molar-refractivity contribution < 1.29 is 29.4 Å². The van der Waals surface area contributed by atoms with Crippen molar-refractivity contribution in [2.75, 3.05) is 12.3 Å². The molecule has 154 valence electrons. The molecule has 0 bridgehead atoms. The summed E-state index contributed by atoms with van der Waals surface area (Å²) in [6.07, 6.45) is -0.00611. The van der Waals surface area contributed by atoms with Crippen molar-refractivity contribution in [2.45, 2.75) is 31.5 Å². The van der Waals surface area contributed by atoms with Gasteiger partial charge in [-0.05, 0) is 24.6 Å². The van der Waals surface area contributed by atoms with E-state index in [1.165, 1.54) is 19.1 Å². The highest BCUT2D eigenvalue weighted by Crippen LogP contribution is 2.11. The number of aromatic hydroxyl groups is 1. The zero-order valence-corrected chi connectivity index (χ0v) is 16.1. The highest BCUT2D eigenvalue weighted by atomic mass is 32.1. The van der Waals surface area contributed by atoms with Crippen molar-refractivity contribution in [2.24, 2.45) is 5.73 Å². The smallest absolute Gasteiger partial charge is 0.326 e. The molecular weight excluding hydrogens is 388 g/mol. The molecule has 3 atom stereocenters. The molecule has 0 radical (unpaired) electrons. The molecular formula is C17H24N4O6S. The number of aliphatic carboxylic acids is 1. The Morgan fingerprint density at radius 3 is 2.14 bits per heavy atom. The van der Waals surface area contributed by atoms with Gasteiger partial charge in [0, 0.05) is 12.2 Å². The average molecular weight is 412 g/mol. The summed E-state index contributed by atoms with van der Waals surface area (Å²) in [5.41, 5.74) is 5.78. The van der Waals surface area contributed by atoms with Gasteiger partial charge in [0.05, 0.1) is 6.54 Å². The van der Waals surface area contributed by atoms with Gasteiger partial charge in [-0.2, -0.15) is 12.6 Å². The molecule has 0 saturated carbocycles. The Morgan fingerprint density at radius 1 is 1.04 bits per heavy atom. The van der Waals surface area contributed by atoms with Crippen LogP contribution in [0.5, 0.6) is 5.75 Å². The molecule has 0 spiro atoms. The summed E-state index contributed by atoms with van der Waals surface area (Å²) in [5.74, 6) is -3.12. The van der Waals surface area contributed by atoms with E-state index >= 15 is 0 Å². The fourth-order valence-corrected chi connectivity index (χ4v) is 2.45. The molecule has 10 nitrogen and oxygen atoms in total. The number of nitrogens with one attached hydrogen (secondary N) is 3. The highest BCUT2D eigenvalue weighted by Gasteiger charge is 2.26. The molecule has 1 aromatic rings. The van der Waals surface area contributed by atoms with Gasteiger partial charge in [-0.15, -0.1) is 0 Å². The zero-order chi connectivity index (χ0) is 21.3. The molecule has 7 N–H and O–H groups in total. The lowest BCUT2D eigenvalue weighted by Gasteiger charge is -2.21. The van der Waals surface area contributed by atoms with Crippen molar-refractivity contribution in [1.29, 1.82) is 0 Å². The first-order valence-electron chi connectivity index (χ1n) is 8.39. The number of amides is 3. The monoisotopic (exact) mass is 412 g/mol. The summed E-state index contributed by atoms with van der Waals surface area (Å²) in [4.78, 5) is 47.2. The number of carboxylic acids is 1. The maximum absolute atomic E-state index is 12.3. The first-order valence-corrected chi connectivity index (χ1v) is 9.03. The first-order chi connectivity index (χ1) is 13.2. The van der Waals surface area contributed by atoms with Gasteiger partial charge in [0.2, 0.25) is 17.7 Å². The van der Waals surface area contributed by atoms with Gasteiger partial charge in [0.25, 0.3) is 0 Å². The number of thiol groups is 1. The van der Waals surface area contributed by atoms with E-state index in [1.54, 1.807) is 12.1 Å². The van der Waals surface area contributed by atoms with Gasteiger partial charge < -0.3 is 31.9 Å². The second-order valence-corrected chi connectivity index (χ2v) is 6.37. The van der Waals surface area contributed by atoms with Gasteiger partial charge in [0.15, 0.2) is 0 Å². The Morgan fingerprint density at radius 2 is 1.64 bits per heavy atom. The van der Waals surface area contributed by atoms with Crippen molar-refractivity contribution in [3.8, 4) is 5.75 Å². The summed E-state index contributed by atoms with van der Waals surface area (Å²) in [5, 5.41) is 25.7. The summed E-state index contributed by atoms with van der Waals surface area (Å²) in [7, 11) is 0. The van der Waals surface area contributed by atoms with Crippen LogP contribution in [-0.4, -0.2) is 64.3 Å². The quantitative estimate of drug-likeness (QED) is 0.226. The van der Waals surface area contributed by atoms with Gasteiger partial charge in [-0.25, -0.2) is 4.79 Å². The van der Waals surface area contributed by atoms with E-state index in [9.17, 15) is 29.4 Å². The number of phenolic OH excluding ortho intramolecular Hbond substituents is 1. The molecule has 0 saturated heterocycles. The third kappa shape index (κ3) is 7.45. The predicted octanol–water partition coefficient (Wildman–Crippen LogP) is -1.62. The van der Waals surface area contributed by atoms with Crippen LogP contribution < -0.4 is 21.7 Å². The van der Waals surface area contributed by atoms with E-state index in [-0.39, 0.29) is 24.5 Å². The zero-order valence-electron chi connectivity index (χ0n) is 15.2. The molecule has 1 rings (SSSR count). The van der Waals surface area contributed by atoms with Crippen LogP contribution in [0.2, 0.25) is 0 Å². The van der Waals surface area contributed by atoms with E-state index in [0.717, 1.165) is 0 Å². The molecule has 1 aromatic carbocycles. The Labute approximate surface area is 167 Å². The summed E-state index contributed by atoms with van der Waals surface area (Å²) < 4.78 is 0. The Bertz CT molecular complexity index is 712. The van der Waals surface area contributed by atoms with Gasteiger partial charge in [-0.1, -0.05) is 12.1 Å². The summed E-state index contributed by atoms with van der Waals surface area (Å²) in [6, 6.07) is 2.64. The number of phenols is 1. The lowest BCUT2D eigenvalue weighted by Crippen LogP contribution is -2.56. The lowest BCUT2D eigenvalue weighted by atomic mass is 10.1. The Kier molecular flexibility index (Phi) is 9.25. The Hall–Kier alpha value is -2.79. The number of benzene rings is 1. The normalized spacial score (nSPS) is 13.7. The van der Waals surface area contributed by atoms with Crippen molar-refractivity contribution in [3.05, 3.63) is 29.8 Å². The molecule has 0 aliphatic heterocycles. The fraction of sp³-hybridized carbons (Fsp3) is 0.412. The minimum atomic E-state index is -1.25. The Balaban J connectivity index is 2.68. The molecule has 0 fully saturated rings. The van der Waals surface area contributed by atoms with Crippen molar-refractivity contribution in [1.82, 2.24) is 16.0 Å². The predicted molar refractivity (Wildman–Crippen MR) is 104 cm³/mol. The first kappa shape index (κ1) is 23.2. The average Bonchev–Trinajstić information content (AvgIpc) is 2.66. The molecule has 11 heteroatoms. The lowest BCUT2D eigenvalue weighted by molar-refractivity contribution is -0.142. The minimum Gasteiger partial charge on any atom is -0.508 e. The largest absolute Gasteiger partial charge is 0.508 e. The number of hydrogen-bond donors (Lipinski definition) is 7. The van der Waals surface area contributed by atoms with Crippen LogP contribution in [0, 0.1) is 0 Å². The number of hydrogen-bond acceptors (Lipinski definition) is 7. The van der Waals surface area contributed by atoms with E-state index in [2.05, 4.69) is 28.6 Å². The van der Waals surface area contributed by atoms with Gasteiger partial charge in [-0.3, -0.25) is 14.4 Å². The second kappa shape index (κ2) is 11.1. The van der Waals surface area contributed by atoms with E-state index in [4.69, 9.17) is 5.73 Å². The number of carboxylic acid groups (broad SMARTS) is 1. The molecule has 0 heterocycles.